The van der Waals surface area contributed by atoms with Crippen molar-refractivity contribution in [3.63, 3.8) is 0 Å². The minimum absolute atomic E-state index is 0.0293. The summed E-state index contributed by atoms with van der Waals surface area (Å²) in [5.74, 6) is -0.124. The van der Waals surface area contributed by atoms with Crippen LogP contribution in [0.2, 0.25) is 0 Å². The van der Waals surface area contributed by atoms with E-state index in [0.717, 1.165) is 12.8 Å². The van der Waals surface area contributed by atoms with E-state index in [2.05, 4.69) is 4.98 Å². The number of aromatic nitrogens is 1. The van der Waals surface area contributed by atoms with Crippen LogP contribution in [0.5, 0.6) is 5.75 Å². The lowest BCUT2D eigenvalue weighted by Gasteiger charge is -2.33. The number of thioether (sulfide) groups is 1. The Hall–Kier alpha value is -2.20. The molecule has 3 rings (SSSR count). The van der Waals surface area contributed by atoms with Crippen molar-refractivity contribution in [3.8, 4) is 5.75 Å². The average Bonchev–Trinajstić information content (AvgIpc) is 2.94. The Morgan fingerprint density at radius 2 is 2.27 bits per heavy atom. The molecule has 2 aliphatic heterocycles. The van der Waals surface area contributed by atoms with E-state index in [1.807, 2.05) is 0 Å². The van der Waals surface area contributed by atoms with Gasteiger partial charge in [-0.3, -0.25) is 24.3 Å². The van der Waals surface area contributed by atoms with E-state index >= 15 is 0 Å². The molecule has 0 radical (unpaired) electrons. The summed E-state index contributed by atoms with van der Waals surface area (Å²) < 4.78 is 6.33. The number of amides is 3. The first-order chi connectivity index (χ1) is 12.4. The van der Waals surface area contributed by atoms with Crippen LogP contribution in [-0.2, 0) is 9.59 Å². The Morgan fingerprint density at radius 1 is 1.46 bits per heavy atom. The maximum absolute atomic E-state index is 12.5. The lowest BCUT2D eigenvalue weighted by molar-refractivity contribution is -0.137. The topological polar surface area (TPSA) is 106 Å². The van der Waals surface area contributed by atoms with Crippen LogP contribution < -0.4 is 10.5 Å². The molecule has 26 heavy (non-hydrogen) atoms. The average molecular weight is 394 g/mol. The Morgan fingerprint density at radius 3 is 2.96 bits per heavy atom. The van der Waals surface area contributed by atoms with Crippen molar-refractivity contribution in [2.45, 2.75) is 18.9 Å². The van der Waals surface area contributed by atoms with Crippen LogP contribution in [0.15, 0.2) is 18.3 Å². The maximum Gasteiger partial charge on any atom is 0.267 e. The van der Waals surface area contributed by atoms with Gasteiger partial charge in [0, 0.05) is 18.8 Å². The number of rotatable bonds is 5. The number of hydrogen-bond acceptors (Lipinski definition) is 7. The van der Waals surface area contributed by atoms with E-state index in [1.54, 1.807) is 11.0 Å². The predicted molar refractivity (Wildman–Crippen MR) is 99.8 cm³/mol. The van der Waals surface area contributed by atoms with Gasteiger partial charge in [-0.15, -0.1) is 0 Å². The molecule has 0 saturated carbocycles. The molecule has 1 atom stereocenters. The van der Waals surface area contributed by atoms with Crippen molar-refractivity contribution in [1.82, 2.24) is 14.8 Å². The summed E-state index contributed by atoms with van der Waals surface area (Å²) in [6.45, 7) is 0.997. The number of hydrogen-bond donors (Lipinski definition) is 1. The van der Waals surface area contributed by atoms with Gasteiger partial charge in [0.05, 0.1) is 12.3 Å². The number of nitrogens with zero attached hydrogens (tertiary/aromatic N) is 3. The fourth-order valence-corrected chi connectivity index (χ4v) is 3.91. The minimum Gasteiger partial charge on any atom is -0.488 e. The smallest absolute Gasteiger partial charge is 0.267 e. The van der Waals surface area contributed by atoms with E-state index in [4.69, 9.17) is 22.7 Å². The SMILES string of the molecule is NC(=O)c1cc(OC2CCCN(C(=O)CN3C(=O)CSC3=S)C2)ccn1. The number of piperidine rings is 1. The third-order valence-electron chi connectivity index (χ3n) is 4.15. The van der Waals surface area contributed by atoms with Gasteiger partial charge in [0.2, 0.25) is 11.8 Å². The zero-order valence-corrected chi connectivity index (χ0v) is 15.6. The molecule has 138 valence electrons. The second-order valence-electron chi connectivity index (χ2n) is 6.00. The molecule has 3 amide bonds. The van der Waals surface area contributed by atoms with Gasteiger partial charge in [0.25, 0.3) is 5.91 Å². The molecule has 0 aromatic carbocycles. The number of carbonyl (C=O) groups excluding carboxylic acids is 3. The highest BCUT2D eigenvalue weighted by Crippen LogP contribution is 2.21. The van der Waals surface area contributed by atoms with Crippen LogP contribution in [0, 0.1) is 0 Å². The van der Waals surface area contributed by atoms with E-state index < -0.39 is 5.91 Å². The van der Waals surface area contributed by atoms with Crippen molar-refractivity contribution in [1.29, 1.82) is 0 Å². The number of nitrogens with two attached hydrogens (primary N) is 1. The van der Waals surface area contributed by atoms with Gasteiger partial charge in [-0.25, -0.2) is 0 Å². The quantitative estimate of drug-likeness (QED) is 0.721. The van der Waals surface area contributed by atoms with Crippen molar-refractivity contribution in [3.05, 3.63) is 24.0 Å². The molecular weight excluding hydrogens is 376 g/mol. The maximum atomic E-state index is 12.5. The standard InChI is InChI=1S/C16H18N4O4S2/c17-15(23)12-6-10(3-4-18-12)24-11-2-1-5-19(7-11)13(21)8-20-14(22)9-26-16(20)25/h3-4,6,11H,1-2,5,7-9H2,(H2,17,23). The van der Waals surface area contributed by atoms with Crippen LogP contribution in [0.25, 0.3) is 0 Å². The summed E-state index contributed by atoms with van der Waals surface area (Å²) in [5.41, 5.74) is 5.35. The second kappa shape index (κ2) is 8.00. The van der Waals surface area contributed by atoms with E-state index in [1.165, 1.54) is 28.9 Å². The predicted octanol–water partition coefficient (Wildman–Crippen LogP) is 0.411. The molecular formula is C16H18N4O4S2. The number of likely N-dealkylation sites (tertiary alicyclic amines) is 1. The second-order valence-corrected chi connectivity index (χ2v) is 7.61. The molecule has 3 heterocycles. The first-order valence-corrected chi connectivity index (χ1v) is 9.51. The summed E-state index contributed by atoms with van der Waals surface area (Å²) in [6, 6.07) is 3.13. The minimum atomic E-state index is -0.625. The Bertz CT molecular complexity index is 742. The molecule has 0 spiro atoms. The van der Waals surface area contributed by atoms with Crippen molar-refractivity contribution < 1.29 is 19.1 Å². The largest absolute Gasteiger partial charge is 0.488 e. The van der Waals surface area contributed by atoms with E-state index in [-0.39, 0.29) is 30.2 Å². The van der Waals surface area contributed by atoms with Crippen LogP contribution in [0.4, 0.5) is 0 Å². The first-order valence-electron chi connectivity index (χ1n) is 8.11. The van der Waals surface area contributed by atoms with Gasteiger partial charge in [-0.1, -0.05) is 24.0 Å². The summed E-state index contributed by atoms with van der Waals surface area (Å²) >= 11 is 6.39. The van der Waals surface area contributed by atoms with Crippen LogP contribution in [-0.4, -0.2) is 68.3 Å². The zero-order valence-electron chi connectivity index (χ0n) is 13.9. The fourth-order valence-electron chi connectivity index (χ4n) is 2.84. The lowest BCUT2D eigenvalue weighted by Crippen LogP contribution is -2.48. The Labute approximate surface area is 160 Å². The summed E-state index contributed by atoms with van der Waals surface area (Å²) in [7, 11) is 0. The summed E-state index contributed by atoms with van der Waals surface area (Å²) in [5, 5.41) is 0. The van der Waals surface area contributed by atoms with Crippen LogP contribution in [0.1, 0.15) is 23.3 Å². The molecule has 2 aliphatic rings. The molecule has 10 heteroatoms. The van der Waals surface area contributed by atoms with Crippen molar-refractivity contribution in [2.24, 2.45) is 5.73 Å². The normalized spacial score (nSPS) is 20.4. The molecule has 2 N–H and O–H groups in total. The van der Waals surface area contributed by atoms with Crippen molar-refractivity contribution in [2.75, 3.05) is 25.4 Å². The Kier molecular flexibility index (Phi) is 5.72. The number of pyridine rings is 1. The number of thiocarbonyl (C=S) groups is 1. The van der Waals surface area contributed by atoms with Crippen LogP contribution in [0.3, 0.4) is 0 Å². The molecule has 1 aromatic rings. The van der Waals surface area contributed by atoms with Crippen LogP contribution >= 0.6 is 24.0 Å². The monoisotopic (exact) mass is 394 g/mol. The van der Waals surface area contributed by atoms with E-state index in [0.29, 0.717) is 28.9 Å². The van der Waals surface area contributed by atoms with Gasteiger partial charge in [-0.2, -0.15) is 0 Å². The third-order valence-corrected chi connectivity index (χ3v) is 5.58. The molecule has 1 unspecified atom stereocenters. The van der Waals surface area contributed by atoms with Crippen molar-refractivity contribution >= 4 is 46.0 Å². The number of primary amides is 1. The molecule has 2 fully saturated rings. The first kappa shape index (κ1) is 18.6. The fraction of sp³-hybridized carbons (Fsp3) is 0.438. The molecule has 1 aromatic heterocycles. The number of ether oxygens (including phenoxy) is 1. The highest BCUT2D eigenvalue weighted by atomic mass is 32.2. The summed E-state index contributed by atoms with van der Waals surface area (Å²) in [4.78, 5) is 42.4. The Balaban J connectivity index is 1.59. The molecule has 0 bridgehead atoms. The number of carbonyl (C=O) groups is 3. The van der Waals surface area contributed by atoms with Gasteiger partial charge in [-0.05, 0) is 18.9 Å². The molecule has 2 saturated heterocycles. The zero-order chi connectivity index (χ0) is 18.7. The third kappa shape index (κ3) is 4.31. The molecule has 0 aliphatic carbocycles. The highest BCUT2D eigenvalue weighted by Gasteiger charge is 2.32. The lowest BCUT2D eigenvalue weighted by atomic mass is 10.1. The summed E-state index contributed by atoms with van der Waals surface area (Å²) in [6.07, 6.45) is 2.83. The van der Waals surface area contributed by atoms with Gasteiger partial charge >= 0.3 is 0 Å². The van der Waals surface area contributed by atoms with Gasteiger partial charge < -0.3 is 15.4 Å². The van der Waals surface area contributed by atoms with Gasteiger partial charge in [0.1, 0.15) is 28.4 Å². The van der Waals surface area contributed by atoms with E-state index in [9.17, 15) is 14.4 Å². The van der Waals surface area contributed by atoms with Gasteiger partial charge in [0.15, 0.2) is 0 Å². The highest BCUT2D eigenvalue weighted by molar-refractivity contribution is 8.23. The molecule has 8 nitrogen and oxygen atoms in total.